The van der Waals surface area contributed by atoms with E-state index in [2.05, 4.69) is 24.0 Å². The van der Waals surface area contributed by atoms with Crippen LogP contribution < -0.4 is 5.73 Å². The molecule has 2 N–H and O–H groups in total. The molecular weight excluding hydrogens is 245 g/mol. The zero-order valence-corrected chi connectivity index (χ0v) is 11.4. The van der Waals surface area contributed by atoms with Crippen LogP contribution in [0.5, 0.6) is 0 Å². The predicted molar refractivity (Wildman–Crippen MR) is 70.8 cm³/mol. The van der Waals surface area contributed by atoms with Crippen LogP contribution in [0.1, 0.15) is 37.8 Å². The highest BCUT2D eigenvalue weighted by atomic mass is 19.1. The minimum atomic E-state index is -0.312. The summed E-state index contributed by atoms with van der Waals surface area (Å²) in [5, 5.41) is 3.86. The van der Waals surface area contributed by atoms with E-state index in [9.17, 15) is 4.39 Å². The number of benzene rings is 1. The Morgan fingerprint density at radius 2 is 2.05 bits per heavy atom. The summed E-state index contributed by atoms with van der Waals surface area (Å²) in [6.07, 6.45) is 0.768. The van der Waals surface area contributed by atoms with Crippen LogP contribution in [0, 0.1) is 18.7 Å². The van der Waals surface area contributed by atoms with Crippen LogP contribution in [-0.2, 0) is 0 Å². The van der Waals surface area contributed by atoms with Crippen molar-refractivity contribution in [2.45, 2.75) is 33.2 Å². The number of hydrogen-bond acceptors (Lipinski definition) is 4. The van der Waals surface area contributed by atoms with Gasteiger partial charge < -0.3 is 10.3 Å². The molecule has 1 atom stereocenters. The summed E-state index contributed by atoms with van der Waals surface area (Å²) in [5.74, 6) is 0.900. The Morgan fingerprint density at radius 3 is 2.68 bits per heavy atom. The number of halogens is 1. The topological polar surface area (TPSA) is 64.9 Å². The second kappa shape index (κ2) is 5.48. The summed E-state index contributed by atoms with van der Waals surface area (Å²) in [7, 11) is 0. The standard InChI is InChI=1S/C14H18FN3O/c1-8(2)4-12(16)14-17-13(18-19-14)10-5-9(3)6-11(15)7-10/h5-8,12H,4,16H2,1-3H3/t12-/m1/s1. The molecule has 1 heterocycles. The van der Waals surface area contributed by atoms with Gasteiger partial charge in [0.1, 0.15) is 5.82 Å². The number of nitrogens with zero attached hydrogens (tertiary/aromatic N) is 2. The van der Waals surface area contributed by atoms with E-state index >= 15 is 0 Å². The second-order valence-electron chi connectivity index (χ2n) is 5.21. The average molecular weight is 263 g/mol. The van der Waals surface area contributed by atoms with E-state index in [1.54, 1.807) is 0 Å². The van der Waals surface area contributed by atoms with Gasteiger partial charge in [-0.2, -0.15) is 4.98 Å². The molecule has 1 aromatic heterocycles. The van der Waals surface area contributed by atoms with Crippen LogP contribution in [0.2, 0.25) is 0 Å². The van der Waals surface area contributed by atoms with Crippen molar-refractivity contribution in [1.82, 2.24) is 10.1 Å². The fourth-order valence-electron chi connectivity index (χ4n) is 1.98. The predicted octanol–water partition coefficient (Wildman–Crippen LogP) is 3.23. The SMILES string of the molecule is Cc1cc(F)cc(-c2noc([C@H](N)CC(C)C)n2)c1. The third-order valence-electron chi connectivity index (χ3n) is 2.78. The van der Waals surface area contributed by atoms with E-state index in [1.807, 2.05) is 13.0 Å². The fourth-order valence-corrected chi connectivity index (χ4v) is 1.98. The van der Waals surface area contributed by atoms with Crippen molar-refractivity contribution in [2.75, 3.05) is 0 Å². The van der Waals surface area contributed by atoms with Gasteiger partial charge in [-0.3, -0.25) is 0 Å². The molecule has 4 nitrogen and oxygen atoms in total. The van der Waals surface area contributed by atoms with Crippen LogP contribution in [-0.4, -0.2) is 10.1 Å². The second-order valence-corrected chi connectivity index (χ2v) is 5.21. The van der Waals surface area contributed by atoms with Crippen molar-refractivity contribution in [1.29, 1.82) is 0 Å². The van der Waals surface area contributed by atoms with Crippen molar-refractivity contribution in [3.63, 3.8) is 0 Å². The van der Waals surface area contributed by atoms with Crippen molar-refractivity contribution in [3.05, 3.63) is 35.5 Å². The van der Waals surface area contributed by atoms with Gasteiger partial charge in [0.25, 0.3) is 0 Å². The molecule has 102 valence electrons. The molecule has 0 aliphatic heterocycles. The molecule has 0 unspecified atom stereocenters. The Kier molecular flexibility index (Phi) is 3.95. The van der Waals surface area contributed by atoms with Gasteiger partial charge >= 0.3 is 0 Å². The Balaban J connectivity index is 2.25. The lowest BCUT2D eigenvalue weighted by atomic mass is 10.0. The number of aryl methyl sites for hydroxylation is 1. The van der Waals surface area contributed by atoms with E-state index in [0.717, 1.165) is 12.0 Å². The van der Waals surface area contributed by atoms with Crippen LogP contribution in [0.15, 0.2) is 22.7 Å². The van der Waals surface area contributed by atoms with Gasteiger partial charge in [0.2, 0.25) is 11.7 Å². The maximum atomic E-state index is 13.3. The number of rotatable bonds is 4. The molecule has 5 heteroatoms. The summed E-state index contributed by atoms with van der Waals surface area (Å²) in [4.78, 5) is 4.25. The summed E-state index contributed by atoms with van der Waals surface area (Å²) in [6, 6.07) is 4.37. The van der Waals surface area contributed by atoms with Crippen LogP contribution >= 0.6 is 0 Å². The monoisotopic (exact) mass is 263 g/mol. The molecule has 0 aliphatic carbocycles. The lowest BCUT2D eigenvalue weighted by molar-refractivity contribution is 0.335. The molecule has 0 fully saturated rings. The molecule has 0 bridgehead atoms. The third-order valence-corrected chi connectivity index (χ3v) is 2.78. The van der Waals surface area contributed by atoms with Crippen LogP contribution in [0.3, 0.4) is 0 Å². The largest absolute Gasteiger partial charge is 0.337 e. The Bertz CT molecular complexity index is 545. The summed E-state index contributed by atoms with van der Waals surface area (Å²) < 4.78 is 18.5. The average Bonchev–Trinajstić information content (AvgIpc) is 2.75. The van der Waals surface area contributed by atoms with E-state index in [-0.39, 0.29) is 11.9 Å². The van der Waals surface area contributed by atoms with Gasteiger partial charge in [-0.05, 0) is 43.0 Å². The van der Waals surface area contributed by atoms with Gasteiger partial charge in [-0.1, -0.05) is 19.0 Å². The third kappa shape index (κ3) is 3.38. The van der Waals surface area contributed by atoms with Gasteiger partial charge in [0, 0.05) is 5.56 Å². The van der Waals surface area contributed by atoms with Crippen LogP contribution in [0.4, 0.5) is 4.39 Å². The first kappa shape index (κ1) is 13.7. The van der Waals surface area contributed by atoms with Crippen molar-refractivity contribution >= 4 is 0 Å². The van der Waals surface area contributed by atoms with E-state index in [0.29, 0.717) is 23.2 Å². The zero-order chi connectivity index (χ0) is 14.0. The quantitative estimate of drug-likeness (QED) is 0.919. The molecular formula is C14H18FN3O. The molecule has 19 heavy (non-hydrogen) atoms. The highest BCUT2D eigenvalue weighted by Crippen LogP contribution is 2.22. The first-order valence-corrected chi connectivity index (χ1v) is 6.32. The fraction of sp³-hybridized carbons (Fsp3) is 0.429. The molecule has 0 spiro atoms. The molecule has 0 aliphatic rings. The summed E-state index contributed by atoms with van der Waals surface area (Å²) in [6.45, 7) is 5.97. The minimum Gasteiger partial charge on any atom is -0.337 e. The van der Waals surface area contributed by atoms with Gasteiger partial charge in [0.15, 0.2) is 0 Å². The summed E-state index contributed by atoms with van der Waals surface area (Å²) in [5.41, 5.74) is 7.39. The molecule has 1 aromatic carbocycles. The van der Waals surface area contributed by atoms with Crippen molar-refractivity contribution in [2.24, 2.45) is 11.7 Å². The molecule has 0 amide bonds. The first-order chi connectivity index (χ1) is 8.95. The normalized spacial score (nSPS) is 12.9. The Hall–Kier alpha value is -1.75. The molecule has 0 saturated heterocycles. The van der Waals surface area contributed by atoms with Gasteiger partial charge in [-0.15, -0.1) is 0 Å². The zero-order valence-electron chi connectivity index (χ0n) is 11.4. The van der Waals surface area contributed by atoms with Crippen molar-refractivity contribution in [3.8, 4) is 11.4 Å². The van der Waals surface area contributed by atoms with E-state index < -0.39 is 0 Å². The molecule has 2 rings (SSSR count). The minimum absolute atomic E-state index is 0.282. The highest BCUT2D eigenvalue weighted by Gasteiger charge is 2.17. The van der Waals surface area contributed by atoms with E-state index in [1.165, 1.54) is 12.1 Å². The number of nitrogens with two attached hydrogens (primary N) is 1. The number of aromatic nitrogens is 2. The van der Waals surface area contributed by atoms with Gasteiger partial charge in [-0.25, -0.2) is 4.39 Å². The molecule has 0 radical (unpaired) electrons. The number of hydrogen-bond donors (Lipinski definition) is 1. The maximum Gasteiger partial charge on any atom is 0.243 e. The first-order valence-electron chi connectivity index (χ1n) is 6.32. The Labute approximate surface area is 111 Å². The summed E-state index contributed by atoms with van der Waals surface area (Å²) >= 11 is 0. The lowest BCUT2D eigenvalue weighted by Crippen LogP contribution is -2.13. The Morgan fingerprint density at radius 1 is 1.32 bits per heavy atom. The van der Waals surface area contributed by atoms with E-state index in [4.69, 9.17) is 10.3 Å². The van der Waals surface area contributed by atoms with Crippen LogP contribution in [0.25, 0.3) is 11.4 Å². The lowest BCUT2D eigenvalue weighted by Gasteiger charge is -2.08. The van der Waals surface area contributed by atoms with Gasteiger partial charge in [0.05, 0.1) is 6.04 Å². The highest BCUT2D eigenvalue weighted by molar-refractivity contribution is 5.55. The maximum absolute atomic E-state index is 13.3. The molecule has 0 saturated carbocycles. The molecule has 2 aromatic rings. The van der Waals surface area contributed by atoms with Crippen molar-refractivity contribution < 1.29 is 8.91 Å². The smallest absolute Gasteiger partial charge is 0.243 e.